The van der Waals surface area contributed by atoms with Crippen molar-refractivity contribution in [2.24, 2.45) is 39.4 Å². The van der Waals surface area contributed by atoms with Crippen LogP contribution in [-0.4, -0.2) is 23.1 Å². The van der Waals surface area contributed by atoms with E-state index < -0.39 is 16.4 Å². The van der Waals surface area contributed by atoms with E-state index in [1.54, 1.807) is 0 Å². The monoisotopic (exact) mass is 530 g/mol. The summed E-state index contributed by atoms with van der Waals surface area (Å²) < 4.78 is 13.2. The summed E-state index contributed by atoms with van der Waals surface area (Å²) in [5.74, 6) is 1.32. The van der Waals surface area contributed by atoms with E-state index in [0.717, 1.165) is 77.0 Å². The van der Waals surface area contributed by atoms with Crippen molar-refractivity contribution in [2.75, 3.05) is 0 Å². The molecule has 0 saturated heterocycles. The fourth-order valence-corrected chi connectivity index (χ4v) is 9.69. The van der Waals surface area contributed by atoms with Gasteiger partial charge in [-0.15, -0.1) is 0 Å². The average molecular weight is 531 g/mol. The van der Waals surface area contributed by atoms with Crippen molar-refractivity contribution in [1.82, 2.24) is 0 Å². The van der Waals surface area contributed by atoms with Gasteiger partial charge in [0.25, 0.3) is 0 Å². The van der Waals surface area contributed by atoms with E-state index in [1.165, 1.54) is 12.8 Å². The summed E-state index contributed by atoms with van der Waals surface area (Å²) in [5, 5.41) is 0. The van der Waals surface area contributed by atoms with Gasteiger partial charge < -0.3 is 9.47 Å². The van der Waals surface area contributed by atoms with E-state index in [2.05, 4.69) is 62.3 Å². The molecule has 4 heteroatoms. The van der Waals surface area contributed by atoms with Crippen LogP contribution < -0.4 is 0 Å². The van der Waals surface area contributed by atoms with Crippen molar-refractivity contribution >= 4 is 11.9 Å². The van der Waals surface area contributed by atoms with E-state index in [1.807, 2.05) is 0 Å². The number of ether oxygens (including phenoxy) is 2. The highest BCUT2D eigenvalue weighted by molar-refractivity contribution is 5.79. The molecule has 0 aromatic carbocycles. The maximum atomic E-state index is 14.1. The molecule has 0 heterocycles. The van der Waals surface area contributed by atoms with Gasteiger partial charge in [0.15, 0.2) is 0 Å². The summed E-state index contributed by atoms with van der Waals surface area (Å²) in [5.41, 5.74) is -1.94. The molecule has 0 aromatic rings. The maximum absolute atomic E-state index is 14.1. The zero-order valence-corrected chi connectivity index (χ0v) is 26.3. The maximum Gasteiger partial charge on any atom is 0.312 e. The normalized spacial score (nSPS) is 34.9. The van der Waals surface area contributed by atoms with Gasteiger partial charge in [-0.3, -0.25) is 9.59 Å². The van der Waals surface area contributed by atoms with Crippen molar-refractivity contribution < 1.29 is 19.1 Å². The van der Waals surface area contributed by atoms with E-state index in [0.29, 0.717) is 11.8 Å². The van der Waals surface area contributed by atoms with E-state index in [9.17, 15) is 9.59 Å². The Balaban J connectivity index is 1.59. The minimum atomic E-state index is -0.618. The third-order valence-corrected chi connectivity index (χ3v) is 11.9. The first kappa shape index (κ1) is 29.9. The third-order valence-electron chi connectivity index (χ3n) is 11.9. The Kier molecular flexibility index (Phi) is 7.94. The van der Waals surface area contributed by atoms with Crippen molar-refractivity contribution in [1.29, 1.82) is 0 Å². The molecule has 5 aliphatic rings. The molecule has 5 rings (SSSR count). The third kappa shape index (κ3) is 5.32. The van der Waals surface area contributed by atoms with Crippen LogP contribution in [0.2, 0.25) is 0 Å². The quantitative estimate of drug-likeness (QED) is 0.279. The summed E-state index contributed by atoms with van der Waals surface area (Å²) in [7, 11) is 0. The Hall–Kier alpha value is -1.06. The fraction of sp³-hybridized carbons (Fsp3) is 0.941. The van der Waals surface area contributed by atoms with Gasteiger partial charge in [-0.05, 0) is 121 Å². The molecule has 5 saturated carbocycles. The fourth-order valence-electron chi connectivity index (χ4n) is 9.69. The first-order valence-corrected chi connectivity index (χ1v) is 16.0. The number of hydrogen-bond donors (Lipinski definition) is 0. The largest absolute Gasteiger partial charge is 0.459 e. The van der Waals surface area contributed by atoms with E-state index >= 15 is 0 Å². The summed E-state index contributed by atoms with van der Waals surface area (Å²) in [4.78, 5) is 28.2. The Bertz CT molecular complexity index is 875. The second-order valence-electron chi connectivity index (χ2n) is 16.4. The zero-order chi connectivity index (χ0) is 28.2. The molecule has 5 aliphatic carbocycles. The molecule has 4 atom stereocenters. The van der Waals surface area contributed by atoms with Crippen LogP contribution in [0.15, 0.2) is 0 Å². The van der Waals surface area contributed by atoms with Crippen LogP contribution in [0.3, 0.4) is 0 Å². The van der Waals surface area contributed by atoms with Crippen LogP contribution in [0.25, 0.3) is 0 Å². The standard InChI is InChI=1S/C34H58O4/c1-10-24(3)31(9,22-29(4,5)6)27(35)37-30(7,8)33-20-25-17-26(21-33)19-32(18-25,23-33)28(36)38-34(11-2)15-13-12-14-16-34/h24-26H,10-23H2,1-9H3. The second-order valence-corrected chi connectivity index (χ2v) is 16.4. The van der Waals surface area contributed by atoms with Crippen molar-refractivity contribution in [3.05, 3.63) is 0 Å². The number of carbonyl (C=O) groups is 2. The Labute approximate surface area is 233 Å². The molecule has 4 bridgehead atoms. The van der Waals surface area contributed by atoms with E-state index in [4.69, 9.17) is 9.47 Å². The van der Waals surface area contributed by atoms with Crippen LogP contribution in [0.1, 0.15) is 152 Å². The van der Waals surface area contributed by atoms with Crippen molar-refractivity contribution in [3.63, 3.8) is 0 Å². The highest BCUT2D eigenvalue weighted by Crippen LogP contribution is 2.69. The molecule has 4 nitrogen and oxygen atoms in total. The van der Waals surface area contributed by atoms with Crippen molar-refractivity contribution in [2.45, 2.75) is 163 Å². The molecule has 38 heavy (non-hydrogen) atoms. The Morgan fingerprint density at radius 2 is 1.47 bits per heavy atom. The topological polar surface area (TPSA) is 52.6 Å². The highest BCUT2D eigenvalue weighted by atomic mass is 16.6. The first-order valence-electron chi connectivity index (χ1n) is 16.0. The first-order chi connectivity index (χ1) is 17.5. The molecule has 0 aliphatic heterocycles. The lowest BCUT2D eigenvalue weighted by Crippen LogP contribution is -2.63. The molecule has 0 aromatic heterocycles. The lowest BCUT2D eigenvalue weighted by atomic mass is 9.41. The summed E-state index contributed by atoms with van der Waals surface area (Å²) >= 11 is 0. The summed E-state index contributed by atoms with van der Waals surface area (Å²) in [6.45, 7) is 19.6. The van der Waals surface area contributed by atoms with Gasteiger partial charge >= 0.3 is 11.9 Å². The Morgan fingerprint density at radius 1 is 0.895 bits per heavy atom. The molecule has 218 valence electrons. The van der Waals surface area contributed by atoms with Gasteiger partial charge in [0.05, 0.1) is 10.8 Å². The van der Waals surface area contributed by atoms with E-state index in [-0.39, 0.29) is 34.3 Å². The summed E-state index contributed by atoms with van der Waals surface area (Å²) in [6.07, 6.45) is 14.3. The minimum Gasteiger partial charge on any atom is -0.459 e. The van der Waals surface area contributed by atoms with Gasteiger partial charge in [0.1, 0.15) is 11.2 Å². The molecule has 0 N–H and O–H groups in total. The number of hydrogen-bond acceptors (Lipinski definition) is 4. The van der Waals surface area contributed by atoms with Gasteiger partial charge in [0, 0.05) is 5.41 Å². The zero-order valence-electron chi connectivity index (χ0n) is 26.3. The summed E-state index contributed by atoms with van der Waals surface area (Å²) in [6, 6.07) is 0. The highest BCUT2D eigenvalue weighted by Gasteiger charge is 2.67. The van der Waals surface area contributed by atoms with Crippen LogP contribution in [-0.2, 0) is 19.1 Å². The smallest absolute Gasteiger partial charge is 0.312 e. The van der Waals surface area contributed by atoms with Gasteiger partial charge in [-0.2, -0.15) is 0 Å². The van der Waals surface area contributed by atoms with Crippen molar-refractivity contribution in [3.8, 4) is 0 Å². The van der Waals surface area contributed by atoms with Crippen LogP contribution in [0.4, 0.5) is 0 Å². The average Bonchev–Trinajstić information content (AvgIpc) is 2.81. The minimum absolute atomic E-state index is 0.0319. The van der Waals surface area contributed by atoms with Crippen LogP contribution >= 0.6 is 0 Å². The molecular weight excluding hydrogens is 472 g/mol. The SMILES string of the molecule is CCC(C)C(C)(CC(C)(C)C)C(=O)OC(C)(C)C12CC3CC(CC(C(=O)OC4(CC)CCCCC4)(C3)C1)C2. The predicted octanol–water partition coefficient (Wildman–Crippen LogP) is 9.04. The molecular formula is C34H58O4. The predicted molar refractivity (Wildman–Crippen MR) is 154 cm³/mol. The molecule has 0 spiro atoms. The van der Waals surface area contributed by atoms with Gasteiger partial charge in [-0.1, -0.05) is 54.4 Å². The van der Waals surface area contributed by atoms with Crippen LogP contribution in [0.5, 0.6) is 0 Å². The number of carbonyl (C=O) groups excluding carboxylic acids is 2. The molecule has 5 fully saturated rings. The molecule has 4 unspecified atom stereocenters. The Morgan fingerprint density at radius 3 is 1.97 bits per heavy atom. The lowest BCUT2D eigenvalue weighted by molar-refractivity contribution is -0.233. The second kappa shape index (κ2) is 10.1. The molecule has 0 amide bonds. The van der Waals surface area contributed by atoms with Gasteiger partial charge in [-0.25, -0.2) is 0 Å². The van der Waals surface area contributed by atoms with Gasteiger partial charge in [0.2, 0.25) is 0 Å². The lowest BCUT2D eigenvalue weighted by Gasteiger charge is -2.65. The van der Waals surface area contributed by atoms with Crippen LogP contribution in [0, 0.1) is 39.4 Å². The number of esters is 2. The number of rotatable bonds is 9. The molecule has 0 radical (unpaired) electrons.